The minimum absolute atomic E-state index is 0.0303. The SMILES string of the molecule is CN1CCN(CC2COC3(CCCN(C(=O)c4nccn4C)C3)C2)CC1. The molecule has 1 aromatic heterocycles. The van der Waals surface area contributed by atoms with Gasteiger partial charge in [0.25, 0.3) is 5.91 Å². The van der Waals surface area contributed by atoms with Crippen molar-refractivity contribution in [1.82, 2.24) is 24.3 Å². The van der Waals surface area contributed by atoms with Gasteiger partial charge in [0, 0.05) is 58.7 Å². The van der Waals surface area contributed by atoms with E-state index in [9.17, 15) is 4.79 Å². The topological polar surface area (TPSA) is 53.8 Å². The zero-order chi connectivity index (χ0) is 18.1. The average molecular weight is 361 g/mol. The number of carbonyl (C=O) groups is 1. The van der Waals surface area contributed by atoms with Crippen molar-refractivity contribution in [3.63, 3.8) is 0 Å². The molecule has 26 heavy (non-hydrogen) atoms. The summed E-state index contributed by atoms with van der Waals surface area (Å²) in [4.78, 5) is 24.0. The number of hydrogen-bond donors (Lipinski definition) is 0. The molecule has 3 aliphatic rings. The second-order valence-corrected chi connectivity index (χ2v) is 8.36. The summed E-state index contributed by atoms with van der Waals surface area (Å²) >= 11 is 0. The van der Waals surface area contributed by atoms with Crippen LogP contribution in [0.25, 0.3) is 0 Å². The number of nitrogens with zero attached hydrogens (tertiary/aromatic N) is 5. The number of ether oxygens (including phenoxy) is 1. The van der Waals surface area contributed by atoms with Gasteiger partial charge in [-0.15, -0.1) is 0 Å². The van der Waals surface area contributed by atoms with Gasteiger partial charge < -0.3 is 24.0 Å². The predicted molar refractivity (Wildman–Crippen MR) is 99.1 cm³/mol. The molecule has 0 aliphatic carbocycles. The summed E-state index contributed by atoms with van der Waals surface area (Å²) in [5.41, 5.74) is -0.143. The Morgan fingerprint density at radius 3 is 2.81 bits per heavy atom. The molecule has 0 aromatic carbocycles. The van der Waals surface area contributed by atoms with Crippen molar-refractivity contribution in [1.29, 1.82) is 0 Å². The Hall–Kier alpha value is -1.44. The molecule has 0 N–H and O–H groups in total. The van der Waals surface area contributed by atoms with Crippen molar-refractivity contribution in [2.24, 2.45) is 13.0 Å². The Morgan fingerprint density at radius 1 is 1.27 bits per heavy atom. The van der Waals surface area contributed by atoms with Gasteiger partial charge in [-0.3, -0.25) is 4.79 Å². The number of aryl methyl sites for hydroxylation is 1. The van der Waals surface area contributed by atoms with Gasteiger partial charge in [0.2, 0.25) is 0 Å². The largest absolute Gasteiger partial charge is 0.373 e. The van der Waals surface area contributed by atoms with Gasteiger partial charge in [-0.1, -0.05) is 0 Å². The summed E-state index contributed by atoms with van der Waals surface area (Å²) in [5.74, 6) is 1.14. The van der Waals surface area contributed by atoms with Crippen molar-refractivity contribution in [2.45, 2.75) is 24.9 Å². The minimum Gasteiger partial charge on any atom is -0.373 e. The van der Waals surface area contributed by atoms with Gasteiger partial charge in [-0.05, 0) is 32.2 Å². The first kappa shape index (κ1) is 17.9. The normalized spacial score (nSPS) is 31.0. The quantitative estimate of drug-likeness (QED) is 0.792. The summed E-state index contributed by atoms with van der Waals surface area (Å²) in [6.07, 6.45) is 6.66. The molecule has 7 nitrogen and oxygen atoms in total. The van der Waals surface area contributed by atoms with Crippen LogP contribution in [0.15, 0.2) is 12.4 Å². The molecule has 3 aliphatic heterocycles. The molecule has 4 heterocycles. The van der Waals surface area contributed by atoms with Crippen LogP contribution in [0.2, 0.25) is 0 Å². The molecule has 0 radical (unpaired) electrons. The van der Waals surface area contributed by atoms with Crippen LogP contribution in [-0.2, 0) is 11.8 Å². The number of piperazine rings is 1. The number of aromatic nitrogens is 2. The lowest BCUT2D eigenvalue weighted by Crippen LogP contribution is -2.50. The lowest BCUT2D eigenvalue weighted by molar-refractivity contribution is -0.0453. The molecule has 1 aromatic rings. The molecule has 144 valence electrons. The predicted octanol–water partition coefficient (Wildman–Crippen LogP) is 0.679. The zero-order valence-electron chi connectivity index (χ0n) is 16.1. The van der Waals surface area contributed by atoms with Crippen molar-refractivity contribution in [3.05, 3.63) is 18.2 Å². The van der Waals surface area contributed by atoms with Gasteiger partial charge in [-0.25, -0.2) is 4.98 Å². The Bertz CT molecular complexity index is 640. The fraction of sp³-hybridized carbons (Fsp3) is 0.789. The highest BCUT2D eigenvalue weighted by Gasteiger charge is 2.45. The van der Waals surface area contributed by atoms with Gasteiger partial charge in [-0.2, -0.15) is 0 Å². The van der Waals surface area contributed by atoms with Crippen LogP contribution >= 0.6 is 0 Å². The first-order valence-corrected chi connectivity index (χ1v) is 9.86. The fourth-order valence-corrected chi connectivity index (χ4v) is 4.72. The van der Waals surface area contributed by atoms with E-state index < -0.39 is 0 Å². The highest BCUT2D eigenvalue weighted by molar-refractivity contribution is 5.91. The summed E-state index contributed by atoms with van der Waals surface area (Å²) in [7, 11) is 4.07. The molecule has 3 saturated heterocycles. The van der Waals surface area contributed by atoms with Gasteiger partial charge >= 0.3 is 0 Å². The Labute approximate surface area is 155 Å². The van der Waals surface area contributed by atoms with Gasteiger partial charge in [0.1, 0.15) is 0 Å². The third-order valence-corrected chi connectivity index (χ3v) is 6.24. The van der Waals surface area contributed by atoms with E-state index in [1.807, 2.05) is 18.1 Å². The lowest BCUT2D eigenvalue weighted by atomic mass is 9.86. The third-order valence-electron chi connectivity index (χ3n) is 6.24. The maximum atomic E-state index is 12.8. The molecular weight excluding hydrogens is 330 g/mol. The van der Waals surface area contributed by atoms with E-state index in [0.29, 0.717) is 18.3 Å². The van der Waals surface area contributed by atoms with E-state index >= 15 is 0 Å². The lowest BCUT2D eigenvalue weighted by Gasteiger charge is -2.40. The summed E-state index contributed by atoms with van der Waals surface area (Å²) in [5, 5.41) is 0. The molecule has 0 bridgehead atoms. The van der Waals surface area contributed by atoms with E-state index in [1.54, 1.807) is 10.8 Å². The second-order valence-electron chi connectivity index (χ2n) is 8.36. The molecule has 4 rings (SSSR count). The number of rotatable bonds is 3. The second kappa shape index (κ2) is 7.29. The number of carbonyl (C=O) groups excluding carboxylic acids is 1. The first-order chi connectivity index (χ1) is 12.5. The molecular formula is C19H31N5O2. The molecule has 7 heteroatoms. The fourth-order valence-electron chi connectivity index (χ4n) is 4.72. The first-order valence-electron chi connectivity index (χ1n) is 9.86. The van der Waals surface area contributed by atoms with Crippen LogP contribution in [0, 0.1) is 5.92 Å². The molecule has 3 fully saturated rings. The molecule has 0 saturated carbocycles. The number of likely N-dealkylation sites (tertiary alicyclic amines) is 1. The zero-order valence-corrected chi connectivity index (χ0v) is 16.1. The van der Waals surface area contributed by atoms with E-state index in [0.717, 1.165) is 65.1 Å². The van der Waals surface area contributed by atoms with E-state index in [1.165, 1.54) is 0 Å². The average Bonchev–Trinajstić information content (AvgIpc) is 3.23. The van der Waals surface area contributed by atoms with Crippen LogP contribution < -0.4 is 0 Å². The highest BCUT2D eigenvalue weighted by atomic mass is 16.5. The van der Waals surface area contributed by atoms with Crippen molar-refractivity contribution in [3.8, 4) is 0 Å². The van der Waals surface area contributed by atoms with E-state index in [4.69, 9.17) is 4.74 Å². The van der Waals surface area contributed by atoms with Crippen molar-refractivity contribution in [2.75, 3.05) is 59.5 Å². The Morgan fingerprint density at radius 2 is 2.08 bits per heavy atom. The van der Waals surface area contributed by atoms with Crippen molar-refractivity contribution < 1.29 is 9.53 Å². The summed E-state index contributed by atoms with van der Waals surface area (Å²) < 4.78 is 8.13. The number of likely N-dealkylation sites (N-methyl/N-ethyl adjacent to an activating group) is 1. The number of imidazole rings is 1. The molecule has 2 atom stereocenters. The Kier molecular flexibility index (Phi) is 5.03. The maximum absolute atomic E-state index is 12.8. The van der Waals surface area contributed by atoms with Crippen LogP contribution in [0.1, 0.15) is 29.9 Å². The molecule has 1 amide bonds. The summed E-state index contributed by atoms with van der Waals surface area (Å²) in [6, 6.07) is 0. The van der Waals surface area contributed by atoms with Crippen LogP contribution in [-0.4, -0.2) is 95.2 Å². The molecule has 2 unspecified atom stereocenters. The monoisotopic (exact) mass is 361 g/mol. The third kappa shape index (κ3) is 3.66. The highest BCUT2D eigenvalue weighted by Crippen LogP contribution is 2.38. The van der Waals surface area contributed by atoms with Crippen LogP contribution in [0.3, 0.4) is 0 Å². The van der Waals surface area contributed by atoms with Crippen LogP contribution in [0.5, 0.6) is 0 Å². The summed E-state index contributed by atoms with van der Waals surface area (Å²) in [6.45, 7) is 8.10. The Balaban J connectivity index is 1.35. The van der Waals surface area contributed by atoms with Crippen molar-refractivity contribution >= 4 is 5.91 Å². The van der Waals surface area contributed by atoms with E-state index in [2.05, 4.69) is 21.8 Å². The maximum Gasteiger partial charge on any atom is 0.289 e. The number of hydrogen-bond acceptors (Lipinski definition) is 5. The standard InChI is InChI=1S/C19H31N5O2/c1-21-8-10-23(11-9-21)13-16-12-19(26-14-16)4-3-6-24(15-19)18(25)17-20-5-7-22(17)2/h5,7,16H,3-4,6,8-15H2,1-2H3. The molecule has 1 spiro atoms. The van der Waals surface area contributed by atoms with Gasteiger partial charge in [0.15, 0.2) is 5.82 Å². The number of piperidine rings is 1. The van der Waals surface area contributed by atoms with Crippen LogP contribution in [0.4, 0.5) is 0 Å². The van der Waals surface area contributed by atoms with Gasteiger partial charge in [0.05, 0.1) is 18.8 Å². The minimum atomic E-state index is -0.143. The smallest absolute Gasteiger partial charge is 0.289 e. The van der Waals surface area contributed by atoms with E-state index in [-0.39, 0.29) is 11.5 Å². The number of amides is 1.